The van der Waals surface area contributed by atoms with Crippen LogP contribution in [0.1, 0.15) is 40.1 Å². The van der Waals surface area contributed by atoms with Crippen molar-refractivity contribution in [2.75, 3.05) is 25.6 Å². The number of hydrogen-bond donors (Lipinski definition) is 3. The molecule has 0 aliphatic carbocycles. The number of nitrogens with one attached hydrogen (secondary N) is 2. The number of amides is 2. The van der Waals surface area contributed by atoms with Gasteiger partial charge in [-0.1, -0.05) is 6.07 Å². The first kappa shape index (κ1) is 26.8. The third-order valence-corrected chi connectivity index (χ3v) is 5.11. The van der Waals surface area contributed by atoms with Crippen molar-refractivity contribution < 1.29 is 33.7 Å². The van der Waals surface area contributed by atoms with Gasteiger partial charge in [-0.25, -0.2) is 4.79 Å². The third kappa shape index (κ3) is 7.35. The Morgan fingerprint density at radius 2 is 1.46 bits per heavy atom. The van der Waals surface area contributed by atoms with Gasteiger partial charge < -0.3 is 30.0 Å². The van der Waals surface area contributed by atoms with Crippen LogP contribution in [0.2, 0.25) is 0 Å². The molecule has 0 unspecified atom stereocenters. The molecule has 0 aliphatic rings. The highest BCUT2D eigenvalue weighted by molar-refractivity contribution is 6.10. The zero-order chi connectivity index (χ0) is 26.8. The van der Waals surface area contributed by atoms with Crippen molar-refractivity contribution in [1.29, 1.82) is 0 Å². The lowest BCUT2D eigenvalue weighted by Gasteiger charge is -2.14. The number of hydrogen-bond acceptors (Lipinski definition) is 6. The van der Waals surface area contributed by atoms with Crippen LogP contribution in [-0.4, -0.2) is 43.2 Å². The van der Waals surface area contributed by atoms with Crippen LogP contribution in [0.5, 0.6) is 17.2 Å². The number of ether oxygens (including phenoxy) is 3. The van der Waals surface area contributed by atoms with E-state index >= 15 is 0 Å². The molecular formula is C28H28N2O7. The van der Waals surface area contributed by atoms with Gasteiger partial charge >= 0.3 is 5.97 Å². The lowest BCUT2D eigenvalue weighted by molar-refractivity contribution is -0.113. The molecule has 0 bridgehead atoms. The first-order valence-electron chi connectivity index (χ1n) is 11.6. The third-order valence-electron chi connectivity index (χ3n) is 5.11. The van der Waals surface area contributed by atoms with Gasteiger partial charge in [-0.3, -0.25) is 9.59 Å². The Morgan fingerprint density at radius 3 is 2.05 bits per heavy atom. The number of carboxylic acid groups (broad SMARTS) is 1. The van der Waals surface area contributed by atoms with Crippen molar-refractivity contribution in [2.45, 2.75) is 13.8 Å². The minimum Gasteiger partial charge on any atom is -0.497 e. The molecule has 0 atom stereocenters. The summed E-state index contributed by atoms with van der Waals surface area (Å²) < 4.78 is 16.4. The lowest BCUT2D eigenvalue weighted by Crippen LogP contribution is -2.30. The van der Waals surface area contributed by atoms with Crippen molar-refractivity contribution in [3.8, 4) is 17.2 Å². The predicted molar refractivity (Wildman–Crippen MR) is 139 cm³/mol. The van der Waals surface area contributed by atoms with Crippen molar-refractivity contribution in [2.24, 2.45) is 0 Å². The fourth-order valence-electron chi connectivity index (χ4n) is 3.31. The smallest absolute Gasteiger partial charge is 0.335 e. The van der Waals surface area contributed by atoms with Gasteiger partial charge in [-0.2, -0.15) is 0 Å². The summed E-state index contributed by atoms with van der Waals surface area (Å²) in [5.74, 6) is -0.520. The van der Waals surface area contributed by atoms with Crippen molar-refractivity contribution >= 4 is 29.5 Å². The summed E-state index contributed by atoms with van der Waals surface area (Å²) in [5.41, 5.74) is 1.33. The fraction of sp³-hybridized carbons (Fsp3) is 0.179. The number of anilines is 1. The number of aromatic carboxylic acids is 1. The standard InChI is InChI=1S/C28H28N2O7/c1-4-36-24-15-6-18(17-25(24)37-5-2)16-23(30-26(31)19-9-13-22(35-3)14-10-19)27(32)29-21-11-7-20(8-12-21)28(33)34/h6-17H,4-5H2,1-3H3,(H,29,32)(H,30,31)(H,33,34)/b23-16+. The van der Waals surface area contributed by atoms with E-state index in [1.54, 1.807) is 42.5 Å². The Kier molecular flexibility index (Phi) is 9.26. The van der Waals surface area contributed by atoms with Gasteiger partial charge in [0, 0.05) is 11.3 Å². The zero-order valence-corrected chi connectivity index (χ0v) is 20.7. The van der Waals surface area contributed by atoms with Gasteiger partial charge in [0.05, 0.1) is 25.9 Å². The van der Waals surface area contributed by atoms with Crippen LogP contribution in [0.25, 0.3) is 6.08 Å². The van der Waals surface area contributed by atoms with Crippen molar-refractivity contribution in [3.63, 3.8) is 0 Å². The fourth-order valence-corrected chi connectivity index (χ4v) is 3.31. The summed E-state index contributed by atoms with van der Waals surface area (Å²) in [6, 6.07) is 17.3. The number of benzene rings is 3. The van der Waals surface area contributed by atoms with E-state index in [0.29, 0.717) is 47.3 Å². The molecule has 3 rings (SSSR count). The molecule has 0 saturated heterocycles. The average molecular weight is 505 g/mol. The molecule has 37 heavy (non-hydrogen) atoms. The highest BCUT2D eigenvalue weighted by Crippen LogP contribution is 2.29. The van der Waals surface area contributed by atoms with Crippen LogP contribution in [-0.2, 0) is 4.79 Å². The monoisotopic (exact) mass is 504 g/mol. The largest absolute Gasteiger partial charge is 0.497 e. The first-order chi connectivity index (χ1) is 17.8. The Morgan fingerprint density at radius 1 is 0.838 bits per heavy atom. The van der Waals surface area contributed by atoms with E-state index in [9.17, 15) is 14.4 Å². The van der Waals surface area contributed by atoms with Crippen LogP contribution in [0.15, 0.2) is 72.4 Å². The van der Waals surface area contributed by atoms with Gasteiger partial charge in [0.15, 0.2) is 11.5 Å². The van der Waals surface area contributed by atoms with Gasteiger partial charge in [0.1, 0.15) is 11.4 Å². The van der Waals surface area contributed by atoms with Crippen LogP contribution < -0.4 is 24.8 Å². The summed E-state index contributed by atoms with van der Waals surface area (Å²) in [6.45, 7) is 4.59. The van der Waals surface area contributed by atoms with E-state index in [-0.39, 0.29) is 11.3 Å². The van der Waals surface area contributed by atoms with E-state index in [0.717, 1.165) is 0 Å². The highest BCUT2D eigenvalue weighted by Gasteiger charge is 2.16. The molecule has 0 radical (unpaired) electrons. The number of carbonyl (C=O) groups excluding carboxylic acids is 2. The second-order valence-corrected chi connectivity index (χ2v) is 7.65. The van der Waals surface area contributed by atoms with Gasteiger partial charge in [0.25, 0.3) is 11.8 Å². The lowest BCUT2D eigenvalue weighted by atomic mass is 10.1. The Labute approximate surface area is 214 Å². The number of rotatable bonds is 11. The quantitative estimate of drug-likeness (QED) is 0.326. The SMILES string of the molecule is CCOc1ccc(/C=C(/NC(=O)c2ccc(OC)cc2)C(=O)Nc2ccc(C(=O)O)cc2)cc1OCC. The molecule has 0 aromatic heterocycles. The molecule has 192 valence electrons. The maximum absolute atomic E-state index is 13.2. The predicted octanol–water partition coefficient (Wildman–Crippen LogP) is 4.60. The summed E-state index contributed by atoms with van der Waals surface area (Å²) in [5, 5.41) is 14.4. The minimum atomic E-state index is -1.08. The molecule has 3 aromatic carbocycles. The molecule has 9 heteroatoms. The zero-order valence-electron chi connectivity index (χ0n) is 20.7. The molecule has 2 amide bonds. The number of carbonyl (C=O) groups is 3. The molecule has 9 nitrogen and oxygen atoms in total. The maximum Gasteiger partial charge on any atom is 0.335 e. The van der Waals surface area contributed by atoms with Crippen LogP contribution >= 0.6 is 0 Å². The summed E-state index contributed by atoms with van der Waals surface area (Å²) in [6.07, 6.45) is 1.51. The minimum absolute atomic E-state index is 0.0327. The summed E-state index contributed by atoms with van der Waals surface area (Å²) >= 11 is 0. The van der Waals surface area contributed by atoms with Gasteiger partial charge in [-0.15, -0.1) is 0 Å². The second kappa shape index (κ2) is 12.8. The molecule has 3 aromatic rings. The normalized spacial score (nSPS) is 10.8. The van der Waals surface area contributed by atoms with Crippen LogP contribution in [0, 0.1) is 0 Å². The molecule has 0 spiro atoms. The molecule has 0 heterocycles. The summed E-state index contributed by atoms with van der Waals surface area (Å²) in [4.78, 5) is 37.3. The topological polar surface area (TPSA) is 123 Å². The summed E-state index contributed by atoms with van der Waals surface area (Å²) in [7, 11) is 1.52. The molecule has 0 fully saturated rings. The van der Waals surface area contributed by atoms with Crippen molar-refractivity contribution in [1.82, 2.24) is 5.32 Å². The Hall–Kier alpha value is -4.79. The Bertz CT molecular complexity index is 1280. The molecule has 0 saturated carbocycles. The van der Waals surface area contributed by atoms with Gasteiger partial charge in [0.2, 0.25) is 0 Å². The first-order valence-corrected chi connectivity index (χ1v) is 11.6. The van der Waals surface area contributed by atoms with Crippen LogP contribution in [0.4, 0.5) is 5.69 Å². The number of carboxylic acids is 1. The Balaban J connectivity index is 1.93. The molecule has 0 aliphatic heterocycles. The highest BCUT2D eigenvalue weighted by atomic mass is 16.5. The average Bonchev–Trinajstić information content (AvgIpc) is 2.90. The van der Waals surface area contributed by atoms with Crippen LogP contribution in [0.3, 0.4) is 0 Å². The molecular weight excluding hydrogens is 476 g/mol. The van der Waals surface area contributed by atoms with E-state index < -0.39 is 17.8 Å². The van der Waals surface area contributed by atoms with E-state index in [1.165, 1.54) is 37.5 Å². The van der Waals surface area contributed by atoms with Crippen molar-refractivity contribution in [3.05, 3.63) is 89.1 Å². The second-order valence-electron chi connectivity index (χ2n) is 7.65. The van der Waals surface area contributed by atoms with Gasteiger partial charge in [-0.05, 0) is 86.2 Å². The van der Waals surface area contributed by atoms with E-state index in [1.807, 2.05) is 13.8 Å². The van der Waals surface area contributed by atoms with E-state index in [4.69, 9.17) is 19.3 Å². The molecule has 3 N–H and O–H groups in total. The number of methoxy groups -OCH3 is 1. The van der Waals surface area contributed by atoms with E-state index in [2.05, 4.69) is 10.6 Å². The maximum atomic E-state index is 13.2.